The zero-order valence-electron chi connectivity index (χ0n) is 15.2. The summed E-state index contributed by atoms with van der Waals surface area (Å²) in [4.78, 5) is 26.8. The van der Waals surface area contributed by atoms with Gasteiger partial charge in [-0.1, -0.05) is 48.3 Å². The molecule has 1 N–H and O–H groups in total. The summed E-state index contributed by atoms with van der Waals surface area (Å²) in [6.07, 6.45) is 4.35. The highest BCUT2D eigenvalue weighted by Crippen LogP contribution is 2.31. The number of amides is 2. The van der Waals surface area contributed by atoms with E-state index >= 15 is 0 Å². The normalized spacial score (nSPS) is 23.5. The van der Waals surface area contributed by atoms with Crippen LogP contribution in [0.1, 0.15) is 43.1 Å². The van der Waals surface area contributed by atoms with Gasteiger partial charge in [0.15, 0.2) is 0 Å². The van der Waals surface area contributed by atoms with Gasteiger partial charge >= 0.3 is 0 Å². The molecule has 1 saturated carbocycles. The Morgan fingerprint density at radius 1 is 1.26 bits per heavy atom. The molecule has 1 aliphatic carbocycles. The Morgan fingerprint density at radius 2 is 1.96 bits per heavy atom. The number of rotatable bonds is 3. The van der Waals surface area contributed by atoms with Crippen LogP contribution in [0.5, 0.6) is 0 Å². The standard InChI is InChI=1S/C20H22FN3O3/c1-12-19(25)22-15(13-7-5-6-8-13)11-24(12)20(26)17-16(21)18(27-23-17)14-9-3-2-4-10-14/h2-4,9-10,12-13,15H,5-8,11H2,1H3,(H,22,25). The molecule has 4 rings (SSSR count). The molecule has 2 aromatic rings. The van der Waals surface area contributed by atoms with Crippen LogP contribution in [0.3, 0.4) is 0 Å². The third-order valence-corrected chi connectivity index (χ3v) is 5.67. The van der Waals surface area contributed by atoms with Crippen molar-refractivity contribution in [1.82, 2.24) is 15.4 Å². The lowest BCUT2D eigenvalue weighted by Crippen LogP contribution is -2.62. The molecule has 6 nitrogen and oxygen atoms in total. The van der Waals surface area contributed by atoms with E-state index in [0.29, 0.717) is 18.0 Å². The largest absolute Gasteiger partial charge is 0.352 e. The topological polar surface area (TPSA) is 75.4 Å². The predicted octanol–water partition coefficient (Wildman–Crippen LogP) is 3.00. The quantitative estimate of drug-likeness (QED) is 0.900. The molecule has 7 heteroatoms. The molecule has 2 aliphatic rings. The number of hydrogen-bond donors (Lipinski definition) is 1. The van der Waals surface area contributed by atoms with Gasteiger partial charge in [0.05, 0.1) is 0 Å². The fourth-order valence-corrected chi connectivity index (χ4v) is 4.06. The van der Waals surface area contributed by atoms with Gasteiger partial charge in [0.25, 0.3) is 5.91 Å². The molecule has 2 amide bonds. The van der Waals surface area contributed by atoms with Crippen molar-refractivity contribution < 1.29 is 18.5 Å². The number of halogens is 1. The van der Waals surface area contributed by atoms with E-state index < -0.39 is 17.8 Å². The van der Waals surface area contributed by atoms with Crippen molar-refractivity contribution in [2.45, 2.75) is 44.7 Å². The van der Waals surface area contributed by atoms with Crippen molar-refractivity contribution in [3.63, 3.8) is 0 Å². The third-order valence-electron chi connectivity index (χ3n) is 5.67. The third kappa shape index (κ3) is 3.22. The highest BCUT2D eigenvalue weighted by atomic mass is 19.1. The Kier molecular flexibility index (Phi) is 4.68. The van der Waals surface area contributed by atoms with E-state index in [1.54, 1.807) is 37.3 Å². The number of benzene rings is 1. The summed E-state index contributed by atoms with van der Waals surface area (Å²) in [5.41, 5.74) is 0.135. The minimum absolute atomic E-state index is 0.0691. The van der Waals surface area contributed by atoms with Crippen molar-refractivity contribution in [3.8, 4) is 11.3 Å². The van der Waals surface area contributed by atoms with E-state index in [0.717, 1.165) is 25.7 Å². The Balaban J connectivity index is 1.59. The minimum atomic E-state index is -0.790. The molecular weight excluding hydrogens is 349 g/mol. The molecule has 1 aromatic heterocycles. The molecule has 27 heavy (non-hydrogen) atoms. The van der Waals surface area contributed by atoms with Gasteiger partial charge in [-0.25, -0.2) is 0 Å². The molecule has 0 radical (unpaired) electrons. The number of aromatic nitrogens is 1. The summed E-state index contributed by atoms with van der Waals surface area (Å²) in [5, 5.41) is 6.70. The van der Waals surface area contributed by atoms with Gasteiger partial charge < -0.3 is 14.7 Å². The van der Waals surface area contributed by atoms with Gasteiger partial charge in [0.2, 0.25) is 23.2 Å². The van der Waals surface area contributed by atoms with Gasteiger partial charge in [-0.05, 0) is 25.7 Å². The number of carbonyl (C=O) groups is 2. The fraction of sp³-hybridized carbons (Fsp3) is 0.450. The molecule has 0 spiro atoms. The first-order valence-corrected chi connectivity index (χ1v) is 9.38. The number of carbonyl (C=O) groups excluding carboxylic acids is 2. The Bertz CT molecular complexity index is 845. The van der Waals surface area contributed by atoms with Gasteiger partial charge in [-0.15, -0.1) is 0 Å². The van der Waals surface area contributed by atoms with Crippen molar-refractivity contribution in [2.75, 3.05) is 6.54 Å². The lowest BCUT2D eigenvalue weighted by atomic mass is 9.94. The second-order valence-electron chi connectivity index (χ2n) is 7.33. The van der Waals surface area contributed by atoms with Crippen molar-refractivity contribution in [2.24, 2.45) is 5.92 Å². The van der Waals surface area contributed by atoms with Crippen molar-refractivity contribution in [3.05, 3.63) is 41.8 Å². The molecule has 1 saturated heterocycles. The average molecular weight is 371 g/mol. The first-order chi connectivity index (χ1) is 13.1. The SMILES string of the molecule is CC1C(=O)NC(C2CCCC2)CN1C(=O)c1noc(-c2ccccc2)c1F. The monoisotopic (exact) mass is 371 g/mol. The second-order valence-corrected chi connectivity index (χ2v) is 7.33. The van der Waals surface area contributed by atoms with Gasteiger partial charge in [-0.3, -0.25) is 9.59 Å². The van der Waals surface area contributed by atoms with Crippen LogP contribution >= 0.6 is 0 Å². The van der Waals surface area contributed by atoms with Gasteiger partial charge in [-0.2, -0.15) is 4.39 Å². The van der Waals surface area contributed by atoms with Crippen molar-refractivity contribution >= 4 is 11.8 Å². The fourth-order valence-electron chi connectivity index (χ4n) is 4.06. The first-order valence-electron chi connectivity index (χ1n) is 9.38. The molecule has 2 heterocycles. The molecule has 1 aromatic carbocycles. The molecule has 0 bridgehead atoms. The van der Waals surface area contributed by atoms with Crippen LogP contribution in [0.4, 0.5) is 4.39 Å². The Hall–Kier alpha value is -2.70. The summed E-state index contributed by atoms with van der Waals surface area (Å²) in [6, 6.07) is 7.91. The van der Waals surface area contributed by atoms with Crippen LogP contribution in [-0.2, 0) is 4.79 Å². The van der Waals surface area contributed by atoms with Crippen LogP contribution in [0.2, 0.25) is 0 Å². The van der Waals surface area contributed by atoms with Gasteiger partial charge in [0.1, 0.15) is 6.04 Å². The number of hydrogen-bond acceptors (Lipinski definition) is 4. The number of piperazine rings is 1. The molecule has 142 valence electrons. The first kappa shape index (κ1) is 17.7. The zero-order valence-corrected chi connectivity index (χ0v) is 15.2. The maximum atomic E-state index is 14.8. The van der Waals surface area contributed by atoms with Crippen LogP contribution in [0, 0.1) is 11.7 Å². The molecule has 2 unspecified atom stereocenters. The summed E-state index contributed by atoms with van der Waals surface area (Å²) < 4.78 is 20.0. The van der Waals surface area contributed by atoms with Crippen molar-refractivity contribution in [1.29, 1.82) is 0 Å². The van der Waals surface area contributed by atoms with E-state index in [2.05, 4.69) is 10.5 Å². The summed E-state index contributed by atoms with van der Waals surface area (Å²) in [6.45, 7) is 2.01. The Morgan fingerprint density at radius 3 is 2.67 bits per heavy atom. The predicted molar refractivity (Wildman–Crippen MR) is 96.3 cm³/mol. The minimum Gasteiger partial charge on any atom is -0.352 e. The van der Waals surface area contributed by atoms with E-state index in [1.165, 1.54) is 4.90 Å². The lowest BCUT2D eigenvalue weighted by molar-refractivity contribution is -0.129. The van der Waals surface area contributed by atoms with E-state index in [9.17, 15) is 14.0 Å². The van der Waals surface area contributed by atoms with E-state index in [-0.39, 0.29) is 23.4 Å². The number of nitrogens with one attached hydrogen (secondary N) is 1. The number of nitrogens with zero attached hydrogens (tertiary/aromatic N) is 2. The average Bonchev–Trinajstić information content (AvgIpc) is 3.34. The summed E-state index contributed by atoms with van der Waals surface area (Å²) >= 11 is 0. The summed E-state index contributed by atoms with van der Waals surface area (Å²) in [7, 11) is 0. The smallest absolute Gasteiger partial charge is 0.279 e. The molecule has 1 aliphatic heterocycles. The van der Waals surface area contributed by atoms with Gasteiger partial charge in [0, 0.05) is 18.2 Å². The van der Waals surface area contributed by atoms with E-state index in [4.69, 9.17) is 4.52 Å². The van der Waals surface area contributed by atoms with E-state index in [1.807, 2.05) is 0 Å². The molecule has 2 fully saturated rings. The highest BCUT2D eigenvalue weighted by Gasteiger charge is 2.40. The Labute approximate surface area is 156 Å². The molecular formula is C20H22FN3O3. The highest BCUT2D eigenvalue weighted by molar-refractivity contribution is 5.97. The van der Waals surface area contributed by atoms with Crippen LogP contribution in [0.15, 0.2) is 34.9 Å². The summed E-state index contributed by atoms with van der Waals surface area (Å²) in [5.74, 6) is -1.32. The van der Waals surface area contributed by atoms with Crippen LogP contribution in [-0.4, -0.2) is 40.5 Å². The maximum Gasteiger partial charge on any atom is 0.279 e. The van der Waals surface area contributed by atoms with Crippen LogP contribution < -0.4 is 5.32 Å². The second kappa shape index (κ2) is 7.13. The van der Waals surface area contributed by atoms with Crippen LogP contribution in [0.25, 0.3) is 11.3 Å². The zero-order chi connectivity index (χ0) is 19.0. The maximum absolute atomic E-state index is 14.8. The lowest BCUT2D eigenvalue weighted by Gasteiger charge is -2.39. The molecule has 2 atom stereocenters.